The molecule has 4 heterocycles. The van der Waals surface area contributed by atoms with E-state index in [1.165, 1.54) is 10.6 Å². The Hall–Kier alpha value is -2.69. The molecular formula is C23H28FN5O4S. The topological polar surface area (TPSA) is 115 Å². The normalized spacial score (nSPS) is 25.9. The van der Waals surface area contributed by atoms with Crippen LogP contribution in [0.3, 0.4) is 0 Å². The van der Waals surface area contributed by atoms with Crippen molar-refractivity contribution in [1.82, 2.24) is 24.8 Å². The summed E-state index contributed by atoms with van der Waals surface area (Å²) in [6.07, 6.45) is 5.83. The molecule has 0 aromatic carbocycles. The van der Waals surface area contributed by atoms with Gasteiger partial charge in [0.15, 0.2) is 0 Å². The zero-order chi connectivity index (χ0) is 23.8. The van der Waals surface area contributed by atoms with Crippen molar-refractivity contribution < 1.29 is 14.0 Å². The van der Waals surface area contributed by atoms with Crippen LogP contribution in [0.1, 0.15) is 63.5 Å². The van der Waals surface area contributed by atoms with Crippen LogP contribution in [0.2, 0.25) is 0 Å². The van der Waals surface area contributed by atoms with E-state index in [2.05, 4.69) is 15.6 Å². The Morgan fingerprint density at radius 3 is 2.41 bits per heavy atom. The zero-order valence-corrected chi connectivity index (χ0v) is 19.6. The van der Waals surface area contributed by atoms with Crippen molar-refractivity contribution in [2.24, 2.45) is 0 Å². The van der Waals surface area contributed by atoms with Gasteiger partial charge < -0.3 is 10.6 Å². The Kier molecular flexibility index (Phi) is 6.46. The molecule has 2 saturated heterocycles. The van der Waals surface area contributed by atoms with Crippen LogP contribution in [0.15, 0.2) is 21.9 Å². The van der Waals surface area contributed by atoms with Gasteiger partial charge in [0.1, 0.15) is 17.5 Å². The highest BCUT2D eigenvalue weighted by Gasteiger charge is 2.32. The lowest BCUT2D eigenvalue weighted by Crippen LogP contribution is -2.49. The molecule has 1 saturated carbocycles. The van der Waals surface area contributed by atoms with Gasteiger partial charge in [0, 0.05) is 24.5 Å². The smallest absolute Gasteiger partial charge is 0.333 e. The monoisotopic (exact) mass is 489 g/mol. The minimum absolute atomic E-state index is 0.0710. The average Bonchev–Trinajstić information content (AvgIpc) is 3.28. The molecule has 5 rings (SSSR count). The second-order valence-electron chi connectivity index (χ2n) is 9.37. The first kappa shape index (κ1) is 23.1. The summed E-state index contributed by atoms with van der Waals surface area (Å²) < 4.78 is 16.9. The molecule has 0 spiro atoms. The molecule has 1 aliphatic carbocycles. The zero-order valence-electron chi connectivity index (χ0n) is 18.8. The van der Waals surface area contributed by atoms with Crippen LogP contribution in [0.4, 0.5) is 4.39 Å². The lowest BCUT2D eigenvalue weighted by Gasteiger charge is -2.32. The number of hydrogen-bond acceptors (Lipinski definition) is 6. The van der Waals surface area contributed by atoms with E-state index >= 15 is 0 Å². The summed E-state index contributed by atoms with van der Waals surface area (Å²) >= 11 is 1.83. The molecule has 2 aromatic rings. The van der Waals surface area contributed by atoms with Gasteiger partial charge in [-0.3, -0.25) is 23.5 Å². The molecule has 3 aliphatic rings. The van der Waals surface area contributed by atoms with Gasteiger partial charge in [-0.1, -0.05) is 0 Å². The molecule has 1 atom stereocenters. The van der Waals surface area contributed by atoms with Crippen molar-refractivity contribution >= 4 is 34.6 Å². The summed E-state index contributed by atoms with van der Waals surface area (Å²) in [5, 5.41) is 5.80. The third-order valence-corrected chi connectivity index (χ3v) is 8.25. The summed E-state index contributed by atoms with van der Waals surface area (Å²) in [6, 6.07) is 0.219. The standard InChI is InChI=1S/C23H28FN5O4S/c24-13-11-17-20(25-12-13)28(16-7-9-34-10-8-16)23(33)29(22(17)32)15-3-1-14(2-4-15)26-21(31)18-5-6-19(30)27-18/h11-12,14-16,18H,1-10H2,(H,26,31)(H,27,30)/t14-,15+,18-/m0/s1. The fourth-order valence-electron chi connectivity index (χ4n) is 5.39. The van der Waals surface area contributed by atoms with Crippen molar-refractivity contribution in [3.8, 4) is 0 Å². The highest BCUT2D eigenvalue weighted by Crippen LogP contribution is 2.30. The van der Waals surface area contributed by atoms with Crippen molar-refractivity contribution in [3.63, 3.8) is 0 Å². The van der Waals surface area contributed by atoms with E-state index in [1.807, 2.05) is 11.8 Å². The van der Waals surface area contributed by atoms with Crippen molar-refractivity contribution in [1.29, 1.82) is 0 Å². The van der Waals surface area contributed by atoms with Gasteiger partial charge in [0.2, 0.25) is 11.8 Å². The highest BCUT2D eigenvalue weighted by molar-refractivity contribution is 7.99. The fourth-order valence-corrected chi connectivity index (χ4v) is 6.47. The fraction of sp³-hybridized carbons (Fsp3) is 0.609. The number of aromatic nitrogens is 3. The number of rotatable bonds is 4. The van der Waals surface area contributed by atoms with Crippen LogP contribution in [0.5, 0.6) is 0 Å². The Balaban J connectivity index is 1.40. The van der Waals surface area contributed by atoms with Crippen molar-refractivity contribution in [2.45, 2.75) is 75.5 Å². The predicted octanol–water partition coefficient (Wildman–Crippen LogP) is 1.64. The maximum Gasteiger partial charge on any atom is 0.333 e. The second-order valence-corrected chi connectivity index (χ2v) is 10.6. The molecule has 11 heteroatoms. The van der Waals surface area contributed by atoms with Gasteiger partial charge in [-0.25, -0.2) is 14.2 Å². The van der Waals surface area contributed by atoms with Gasteiger partial charge in [0.05, 0.1) is 11.6 Å². The lowest BCUT2D eigenvalue weighted by molar-refractivity contribution is -0.126. The van der Waals surface area contributed by atoms with E-state index in [-0.39, 0.29) is 46.7 Å². The van der Waals surface area contributed by atoms with Crippen LogP contribution in [-0.2, 0) is 9.59 Å². The number of halogens is 1. The molecule has 0 radical (unpaired) electrons. The maximum atomic E-state index is 14.0. The van der Waals surface area contributed by atoms with Crippen molar-refractivity contribution in [2.75, 3.05) is 11.5 Å². The van der Waals surface area contributed by atoms with E-state index in [1.54, 1.807) is 4.57 Å². The quantitative estimate of drug-likeness (QED) is 0.675. The molecule has 2 aliphatic heterocycles. The molecule has 2 N–H and O–H groups in total. The molecule has 0 unspecified atom stereocenters. The average molecular weight is 490 g/mol. The summed E-state index contributed by atoms with van der Waals surface area (Å²) in [4.78, 5) is 54.9. The summed E-state index contributed by atoms with van der Waals surface area (Å²) in [6.45, 7) is 0. The van der Waals surface area contributed by atoms with Gasteiger partial charge in [-0.2, -0.15) is 11.8 Å². The van der Waals surface area contributed by atoms with Gasteiger partial charge in [0.25, 0.3) is 5.56 Å². The van der Waals surface area contributed by atoms with Crippen molar-refractivity contribution in [3.05, 3.63) is 38.9 Å². The SMILES string of the molecule is O=C1CC[C@@H](C(=O)N[C@H]2CC[C@@H](n3c(=O)c4cc(F)cnc4n(C4CCSCC4)c3=O)CC2)N1. The first-order valence-electron chi connectivity index (χ1n) is 11.9. The number of nitrogens with one attached hydrogen (secondary N) is 2. The minimum Gasteiger partial charge on any atom is -0.352 e. The Morgan fingerprint density at radius 1 is 1.03 bits per heavy atom. The maximum absolute atomic E-state index is 14.0. The molecule has 0 bridgehead atoms. The highest BCUT2D eigenvalue weighted by atomic mass is 32.2. The molecule has 182 valence electrons. The first-order valence-corrected chi connectivity index (χ1v) is 13.1. The van der Waals surface area contributed by atoms with Gasteiger partial charge >= 0.3 is 5.69 Å². The summed E-state index contributed by atoms with van der Waals surface area (Å²) in [5.74, 6) is 0.941. The molecular weight excluding hydrogens is 461 g/mol. The third kappa shape index (κ3) is 4.37. The molecule has 9 nitrogen and oxygen atoms in total. The van der Waals surface area contributed by atoms with E-state index < -0.39 is 17.4 Å². The lowest BCUT2D eigenvalue weighted by atomic mass is 9.90. The molecule has 2 aromatic heterocycles. The van der Waals surface area contributed by atoms with Crippen LogP contribution >= 0.6 is 11.8 Å². The third-order valence-electron chi connectivity index (χ3n) is 7.20. The van der Waals surface area contributed by atoms with E-state index in [9.17, 15) is 23.6 Å². The van der Waals surface area contributed by atoms with E-state index in [0.717, 1.165) is 30.5 Å². The second kappa shape index (κ2) is 9.52. The number of hydrogen-bond donors (Lipinski definition) is 2. The Bertz CT molecular complexity index is 1230. The number of nitrogens with zero attached hydrogens (tertiary/aromatic N) is 3. The Labute approximate surface area is 199 Å². The molecule has 34 heavy (non-hydrogen) atoms. The number of carbonyl (C=O) groups is 2. The predicted molar refractivity (Wildman–Crippen MR) is 126 cm³/mol. The number of pyridine rings is 1. The van der Waals surface area contributed by atoms with Gasteiger partial charge in [-0.05, 0) is 62.5 Å². The number of fused-ring (bicyclic) bond motifs is 1. The van der Waals surface area contributed by atoms with Crippen LogP contribution < -0.4 is 21.9 Å². The van der Waals surface area contributed by atoms with Crippen LogP contribution in [-0.4, -0.2) is 49.5 Å². The van der Waals surface area contributed by atoms with E-state index in [4.69, 9.17) is 0 Å². The van der Waals surface area contributed by atoms with Crippen LogP contribution in [0, 0.1) is 5.82 Å². The first-order chi connectivity index (χ1) is 16.4. The number of thioether (sulfide) groups is 1. The summed E-state index contributed by atoms with van der Waals surface area (Å²) in [5.41, 5.74) is -0.631. The van der Waals surface area contributed by atoms with E-state index in [0.29, 0.717) is 38.5 Å². The molecule has 3 fully saturated rings. The van der Waals surface area contributed by atoms with Gasteiger partial charge in [-0.15, -0.1) is 0 Å². The molecule has 2 amide bonds. The Morgan fingerprint density at radius 2 is 1.74 bits per heavy atom. The number of amides is 2. The summed E-state index contributed by atoms with van der Waals surface area (Å²) in [7, 11) is 0. The van der Waals surface area contributed by atoms with Crippen LogP contribution in [0.25, 0.3) is 11.0 Å². The number of carbonyl (C=O) groups excluding carboxylic acids is 2. The minimum atomic E-state index is -0.606. The largest absolute Gasteiger partial charge is 0.352 e.